The molecule has 0 aromatic heterocycles. The van der Waals surface area contributed by atoms with Crippen molar-refractivity contribution in [1.29, 1.82) is 0 Å². The normalized spacial score (nSPS) is 24.2. The van der Waals surface area contributed by atoms with Crippen LogP contribution in [0.25, 0.3) is 0 Å². The van der Waals surface area contributed by atoms with Crippen LogP contribution in [-0.2, 0) is 0 Å². The highest BCUT2D eigenvalue weighted by atomic mass is 16.4. The molecule has 0 spiro atoms. The van der Waals surface area contributed by atoms with Crippen LogP contribution in [0.4, 0.5) is 5.69 Å². The van der Waals surface area contributed by atoms with E-state index in [1.807, 2.05) is 13.0 Å². The molecule has 2 aromatic rings. The van der Waals surface area contributed by atoms with Crippen LogP contribution in [0, 0.1) is 19.8 Å². The molecule has 24 heavy (non-hydrogen) atoms. The van der Waals surface area contributed by atoms with E-state index < -0.39 is 5.97 Å². The van der Waals surface area contributed by atoms with Crippen molar-refractivity contribution in [3.63, 3.8) is 0 Å². The smallest absolute Gasteiger partial charge is 0.336 e. The van der Waals surface area contributed by atoms with E-state index in [0.717, 1.165) is 23.2 Å². The maximum absolute atomic E-state index is 11.7. The minimum atomic E-state index is -0.846. The Bertz CT molecular complexity index is 836. The first-order valence-electron chi connectivity index (χ1n) is 8.43. The molecule has 122 valence electrons. The molecule has 0 amide bonds. The second-order valence-electron chi connectivity index (χ2n) is 6.91. The SMILES string of the molecule is Cc1ccc([C@H]2Nc3c(C)ccc(C(=O)O)c3[C@@H]3C=CC[C@@H]23)cc1. The van der Waals surface area contributed by atoms with E-state index in [1.165, 1.54) is 11.1 Å². The van der Waals surface area contributed by atoms with Gasteiger partial charge in [-0.05, 0) is 48.9 Å². The molecule has 1 aliphatic carbocycles. The number of carbonyl (C=O) groups is 1. The quantitative estimate of drug-likeness (QED) is 0.780. The van der Waals surface area contributed by atoms with Crippen molar-refractivity contribution in [3.8, 4) is 0 Å². The standard InChI is InChI=1S/C21H21NO2/c1-12-6-9-14(10-7-12)20-16-5-3-4-15(16)18-17(21(23)24)11-8-13(2)19(18)22-20/h3-4,6-11,15-16,20,22H,5H2,1-2H3,(H,23,24)/t15-,16-,20-/m1/s1. The zero-order valence-corrected chi connectivity index (χ0v) is 13.9. The van der Waals surface area contributed by atoms with Gasteiger partial charge in [0.2, 0.25) is 0 Å². The monoisotopic (exact) mass is 319 g/mol. The molecule has 2 aromatic carbocycles. The predicted molar refractivity (Wildman–Crippen MR) is 95.7 cm³/mol. The number of nitrogens with one attached hydrogen (secondary N) is 1. The Morgan fingerprint density at radius 3 is 2.58 bits per heavy atom. The van der Waals surface area contributed by atoms with Crippen molar-refractivity contribution in [3.05, 3.63) is 76.4 Å². The third kappa shape index (κ3) is 2.23. The summed E-state index contributed by atoms with van der Waals surface area (Å²) in [5.41, 5.74) is 5.99. The van der Waals surface area contributed by atoms with Crippen LogP contribution in [0.2, 0.25) is 0 Å². The fraction of sp³-hybridized carbons (Fsp3) is 0.286. The molecule has 0 saturated heterocycles. The summed E-state index contributed by atoms with van der Waals surface area (Å²) in [6.45, 7) is 4.14. The number of rotatable bonds is 2. The van der Waals surface area contributed by atoms with Gasteiger partial charge in [0.25, 0.3) is 0 Å². The maximum atomic E-state index is 11.7. The molecule has 4 rings (SSSR count). The van der Waals surface area contributed by atoms with Gasteiger partial charge >= 0.3 is 5.97 Å². The minimum absolute atomic E-state index is 0.165. The average Bonchev–Trinajstić information content (AvgIpc) is 3.05. The van der Waals surface area contributed by atoms with Crippen LogP contribution < -0.4 is 5.32 Å². The average molecular weight is 319 g/mol. The summed E-state index contributed by atoms with van der Waals surface area (Å²) in [6.07, 6.45) is 5.36. The van der Waals surface area contributed by atoms with E-state index in [9.17, 15) is 9.90 Å². The zero-order valence-electron chi connectivity index (χ0n) is 13.9. The highest BCUT2D eigenvalue weighted by Crippen LogP contribution is 2.51. The van der Waals surface area contributed by atoms with Crippen molar-refractivity contribution in [2.24, 2.45) is 5.92 Å². The van der Waals surface area contributed by atoms with Gasteiger partial charge in [-0.15, -0.1) is 0 Å². The predicted octanol–water partition coefficient (Wildman–Crippen LogP) is 4.83. The van der Waals surface area contributed by atoms with Crippen molar-refractivity contribution < 1.29 is 9.90 Å². The number of carboxylic acid groups (broad SMARTS) is 1. The van der Waals surface area contributed by atoms with Gasteiger partial charge in [-0.1, -0.05) is 48.0 Å². The molecule has 0 fully saturated rings. The Balaban J connectivity index is 1.86. The molecule has 1 heterocycles. The molecular weight excluding hydrogens is 298 g/mol. The molecule has 2 N–H and O–H groups in total. The maximum Gasteiger partial charge on any atom is 0.336 e. The first kappa shape index (κ1) is 15.0. The summed E-state index contributed by atoms with van der Waals surface area (Å²) < 4.78 is 0. The van der Waals surface area contributed by atoms with Gasteiger partial charge < -0.3 is 10.4 Å². The van der Waals surface area contributed by atoms with Crippen molar-refractivity contribution in [2.75, 3.05) is 5.32 Å². The van der Waals surface area contributed by atoms with Crippen LogP contribution in [-0.4, -0.2) is 11.1 Å². The molecule has 1 aliphatic heterocycles. The number of hydrogen-bond acceptors (Lipinski definition) is 2. The van der Waals surface area contributed by atoms with E-state index in [-0.39, 0.29) is 12.0 Å². The van der Waals surface area contributed by atoms with Gasteiger partial charge in [-0.2, -0.15) is 0 Å². The van der Waals surface area contributed by atoms with Crippen LogP contribution >= 0.6 is 0 Å². The molecule has 3 heteroatoms. The van der Waals surface area contributed by atoms with Gasteiger partial charge in [0.1, 0.15) is 0 Å². The topological polar surface area (TPSA) is 49.3 Å². The zero-order chi connectivity index (χ0) is 16.8. The van der Waals surface area contributed by atoms with E-state index in [4.69, 9.17) is 0 Å². The molecule has 0 saturated carbocycles. The lowest BCUT2D eigenvalue weighted by Gasteiger charge is -2.39. The number of hydrogen-bond donors (Lipinski definition) is 2. The number of carboxylic acids is 1. The van der Waals surface area contributed by atoms with E-state index in [0.29, 0.717) is 11.5 Å². The Hall–Kier alpha value is -2.55. The molecular formula is C21H21NO2. The van der Waals surface area contributed by atoms with E-state index in [1.54, 1.807) is 6.07 Å². The Kier molecular flexibility index (Phi) is 3.45. The highest BCUT2D eigenvalue weighted by Gasteiger charge is 2.40. The summed E-state index contributed by atoms with van der Waals surface area (Å²) in [5, 5.41) is 13.3. The Morgan fingerprint density at radius 1 is 1.12 bits per heavy atom. The van der Waals surface area contributed by atoms with Crippen molar-refractivity contribution in [2.45, 2.75) is 32.2 Å². The number of anilines is 1. The Labute approximate surface area is 142 Å². The summed E-state index contributed by atoms with van der Waals surface area (Å²) >= 11 is 0. The second-order valence-corrected chi connectivity index (χ2v) is 6.91. The summed E-state index contributed by atoms with van der Waals surface area (Å²) in [7, 11) is 0. The molecule has 3 nitrogen and oxygen atoms in total. The fourth-order valence-corrected chi connectivity index (χ4v) is 4.15. The Morgan fingerprint density at radius 2 is 1.88 bits per heavy atom. The van der Waals surface area contributed by atoms with Gasteiger partial charge in [0.05, 0.1) is 11.6 Å². The lowest BCUT2D eigenvalue weighted by atomic mass is 9.74. The fourth-order valence-electron chi connectivity index (χ4n) is 4.15. The summed E-state index contributed by atoms with van der Waals surface area (Å²) in [5.74, 6) is -0.320. The number of aromatic carboxylic acids is 1. The highest BCUT2D eigenvalue weighted by molar-refractivity contribution is 5.93. The number of fused-ring (bicyclic) bond motifs is 3. The second kappa shape index (κ2) is 5.52. The van der Waals surface area contributed by atoms with Gasteiger partial charge in [0, 0.05) is 11.6 Å². The molecule has 0 radical (unpaired) electrons. The van der Waals surface area contributed by atoms with Crippen LogP contribution in [0.1, 0.15) is 51.0 Å². The number of allylic oxidation sites excluding steroid dienone is 2. The lowest BCUT2D eigenvalue weighted by molar-refractivity contribution is 0.0695. The largest absolute Gasteiger partial charge is 0.478 e. The third-order valence-corrected chi connectivity index (χ3v) is 5.39. The van der Waals surface area contributed by atoms with Gasteiger partial charge in [-0.3, -0.25) is 0 Å². The molecule has 0 unspecified atom stereocenters. The molecule has 3 atom stereocenters. The van der Waals surface area contributed by atoms with E-state index >= 15 is 0 Å². The molecule has 0 bridgehead atoms. The summed E-state index contributed by atoms with van der Waals surface area (Å²) in [6, 6.07) is 12.5. The molecule has 2 aliphatic rings. The third-order valence-electron chi connectivity index (χ3n) is 5.39. The van der Waals surface area contributed by atoms with Crippen LogP contribution in [0.5, 0.6) is 0 Å². The first-order chi connectivity index (χ1) is 11.6. The van der Waals surface area contributed by atoms with Crippen LogP contribution in [0.3, 0.4) is 0 Å². The number of aryl methyl sites for hydroxylation is 2. The van der Waals surface area contributed by atoms with Crippen molar-refractivity contribution in [1.82, 2.24) is 0 Å². The number of benzene rings is 2. The first-order valence-corrected chi connectivity index (χ1v) is 8.43. The van der Waals surface area contributed by atoms with Gasteiger partial charge in [0.15, 0.2) is 0 Å². The lowest BCUT2D eigenvalue weighted by Crippen LogP contribution is -2.31. The van der Waals surface area contributed by atoms with Gasteiger partial charge in [-0.25, -0.2) is 4.79 Å². The van der Waals surface area contributed by atoms with Crippen LogP contribution in [0.15, 0.2) is 48.6 Å². The van der Waals surface area contributed by atoms with Crippen molar-refractivity contribution >= 4 is 11.7 Å². The summed E-state index contributed by atoms with van der Waals surface area (Å²) in [4.78, 5) is 11.7. The minimum Gasteiger partial charge on any atom is -0.478 e. The van der Waals surface area contributed by atoms with E-state index in [2.05, 4.69) is 48.7 Å².